The first-order valence-electron chi connectivity index (χ1n) is 10.7. The van der Waals surface area contributed by atoms with Crippen molar-refractivity contribution in [3.05, 3.63) is 65.2 Å². The number of benzene rings is 1. The van der Waals surface area contributed by atoms with Crippen molar-refractivity contribution in [3.8, 4) is 0 Å². The van der Waals surface area contributed by atoms with Crippen LogP contribution in [-0.4, -0.2) is 40.2 Å². The van der Waals surface area contributed by atoms with Crippen molar-refractivity contribution in [2.24, 2.45) is 0 Å². The average molecular weight is 423 g/mol. The van der Waals surface area contributed by atoms with Crippen LogP contribution in [0.2, 0.25) is 0 Å². The zero-order chi connectivity index (χ0) is 21.8. The summed E-state index contributed by atoms with van der Waals surface area (Å²) in [5, 5.41) is 13.0. The maximum absolute atomic E-state index is 13.4. The van der Waals surface area contributed by atoms with Gasteiger partial charge in [0, 0.05) is 43.4 Å². The zero-order valence-electron chi connectivity index (χ0n) is 17.6. The van der Waals surface area contributed by atoms with E-state index in [-0.39, 0.29) is 18.3 Å². The van der Waals surface area contributed by atoms with Crippen LogP contribution in [0.5, 0.6) is 0 Å². The molecule has 31 heavy (non-hydrogen) atoms. The van der Waals surface area contributed by atoms with Crippen LogP contribution in [0, 0.1) is 12.7 Å². The van der Waals surface area contributed by atoms with Crippen LogP contribution in [0.25, 0.3) is 10.9 Å². The highest BCUT2D eigenvalue weighted by molar-refractivity contribution is 5.98. The number of aliphatic hydroxyl groups is 1. The maximum Gasteiger partial charge on any atom is 0.253 e. The van der Waals surface area contributed by atoms with Gasteiger partial charge in [-0.05, 0) is 62.4 Å². The van der Waals surface area contributed by atoms with Crippen LogP contribution in [0.4, 0.5) is 10.2 Å². The predicted octanol–water partition coefficient (Wildman–Crippen LogP) is 3.75. The summed E-state index contributed by atoms with van der Waals surface area (Å²) in [6.45, 7) is 3.24. The number of fused-ring (bicyclic) bond motifs is 1. The maximum atomic E-state index is 13.4. The van der Waals surface area contributed by atoms with E-state index in [2.05, 4.69) is 20.2 Å². The van der Waals surface area contributed by atoms with Crippen LogP contribution in [0.15, 0.2) is 42.6 Å². The number of hydrogen-bond donors (Lipinski definition) is 2. The minimum absolute atomic E-state index is 0.184. The fourth-order valence-corrected chi connectivity index (χ4v) is 4.19. The molecular formula is C24H27FN4O2. The lowest BCUT2D eigenvalue weighted by Gasteiger charge is -2.36. The molecule has 1 fully saturated rings. The number of amides is 1. The lowest BCUT2D eigenvalue weighted by Crippen LogP contribution is -2.40. The Hall–Kier alpha value is -3.06. The van der Waals surface area contributed by atoms with Crippen molar-refractivity contribution in [2.45, 2.75) is 45.2 Å². The molecule has 6 nitrogen and oxygen atoms in total. The molecule has 0 bridgehead atoms. The number of aryl methyl sites for hydroxylation is 1. The second kappa shape index (κ2) is 9.39. The number of aliphatic hydroxyl groups excluding tert-OH is 1. The predicted molar refractivity (Wildman–Crippen MR) is 119 cm³/mol. The van der Waals surface area contributed by atoms with Crippen molar-refractivity contribution >= 4 is 22.6 Å². The second-order valence-corrected chi connectivity index (χ2v) is 8.02. The van der Waals surface area contributed by atoms with Crippen LogP contribution in [0.3, 0.4) is 0 Å². The summed E-state index contributed by atoms with van der Waals surface area (Å²) >= 11 is 0. The summed E-state index contributed by atoms with van der Waals surface area (Å²) in [5.41, 5.74) is 2.47. The molecule has 2 N–H and O–H groups in total. The molecule has 1 saturated heterocycles. The number of carbonyl (C=O) groups excluding carboxylic acids is 1. The highest BCUT2D eigenvalue weighted by atomic mass is 19.1. The van der Waals surface area contributed by atoms with E-state index in [9.17, 15) is 14.3 Å². The summed E-state index contributed by atoms with van der Waals surface area (Å²) in [6.07, 6.45) is 5.93. The number of piperidine rings is 1. The van der Waals surface area contributed by atoms with Gasteiger partial charge in [0.2, 0.25) is 0 Å². The number of aromatic nitrogens is 2. The van der Waals surface area contributed by atoms with E-state index in [0.29, 0.717) is 29.4 Å². The van der Waals surface area contributed by atoms with Crippen molar-refractivity contribution < 1.29 is 14.3 Å². The number of halogens is 1. The molecule has 1 unspecified atom stereocenters. The van der Waals surface area contributed by atoms with Crippen LogP contribution >= 0.6 is 0 Å². The Balaban J connectivity index is 1.42. The molecule has 1 atom stereocenters. The van der Waals surface area contributed by atoms with Crippen molar-refractivity contribution in [1.82, 2.24) is 15.3 Å². The third kappa shape index (κ3) is 4.82. The average Bonchev–Trinajstić information content (AvgIpc) is 2.78. The quantitative estimate of drug-likeness (QED) is 0.633. The first-order chi connectivity index (χ1) is 15.0. The minimum atomic E-state index is -0.347. The third-order valence-electron chi connectivity index (χ3n) is 5.86. The molecule has 1 aliphatic heterocycles. The largest absolute Gasteiger partial charge is 0.396 e. The second-order valence-electron chi connectivity index (χ2n) is 8.02. The van der Waals surface area contributed by atoms with E-state index in [1.54, 1.807) is 25.3 Å². The fourth-order valence-electron chi connectivity index (χ4n) is 4.19. The van der Waals surface area contributed by atoms with Gasteiger partial charge in [-0.15, -0.1) is 0 Å². The monoisotopic (exact) mass is 422 g/mol. The lowest BCUT2D eigenvalue weighted by atomic mass is 9.99. The minimum Gasteiger partial charge on any atom is -0.396 e. The molecule has 2 aromatic heterocycles. The van der Waals surface area contributed by atoms with E-state index in [0.717, 1.165) is 42.6 Å². The van der Waals surface area contributed by atoms with E-state index in [1.165, 1.54) is 18.6 Å². The Kier molecular flexibility index (Phi) is 6.42. The molecule has 3 aromatic rings. The first-order valence-corrected chi connectivity index (χ1v) is 10.7. The number of pyridine rings is 2. The van der Waals surface area contributed by atoms with Gasteiger partial charge in [0.05, 0.1) is 16.8 Å². The van der Waals surface area contributed by atoms with Crippen LogP contribution in [0.1, 0.15) is 47.3 Å². The summed E-state index contributed by atoms with van der Waals surface area (Å²) < 4.78 is 13.4. The molecule has 1 aromatic carbocycles. The van der Waals surface area contributed by atoms with Gasteiger partial charge in [0.25, 0.3) is 5.91 Å². The van der Waals surface area contributed by atoms with Crippen LogP contribution < -0.4 is 10.2 Å². The van der Waals surface area contributed by atoms with E-state index >= 15 is 0 Å². The van der Waals surface area contributed by atoms with E-state index < -0.39 is 0 Å². The first kappa shape index (κ1) is 21.2. The van der Waals surface area contributed by atoms with Gasteiger partial charge in [0.1, 0.15) is 11.6 Å². The van der Waals surface area contributed by atoms with Crippen molar-refractivity contribution in [3.63, 3.8) is 0 Å². The highest BCUT2D eigenvalue weighted by Crippen LogP contribution is 2.25. The molecular weight excluding hydrogens is 395 g/mol. The molecule has 3 heterocycles. The summed E-state index contributed by atoms with van der Waals surface area (Å²) in [5.74, 6) is 0.342. The lowest BCUT2D eigenvalue weighted by molar-refractivity contribution is 0.0950. The number of carbonyl (C=O) groups is 1. The van der Waals surface area contributed by atoms with Gasteiger partial charge in [0.15, 0.2) is 0 Å². The zero-order valence-corrected chi connectivity index (χ0v) is 17.6. The Morgan fingerprint density at radius 2 is 2.13 bits per heavy atom. The molecule has 1 amide bonds. The molecule has 162 valence electrons. The summed E-state index contributed by atoms with van der Waals surface area (Å²) in [4.78, 5) is 23.9. The molecule has 4 rings (SSSR count). The fraction of sp³-hybridized carbons (Fsp3) is 0.375. The Morgan fingerprint density at radius 3 is 2.90 bits per heavy atom. The topological polar surface area (TPSA) is 78.4 Å². The Labute approximate surface area is 181 Å². The molecule has 7 heteroatoms. The van der Waals surface area contributed by atoms with Gasteiger partial charge in [-0.3, -0.25) is 9.78 Å². The number of hydrogen-bond acceptors (Lipinski definition) is 5. The van der Waals surface area contributed by atoms with Gasteiger partial charge >= 0.3 is 0 Å². The van der Waals surface area contributed by atoms with Crippen molar-refractivity contribution in [2.75, 3.05) is 18.1 Å². The smallest absolute Gasteiger partial charge is 0.253 e. The number of anilines is 1. The van der Waals surface area contributed by atoms with Gasteiger partial charge < -0.3 is 15.3 Å². The normalized spacial score (nSPS) is 16.5. The number of nitrogens with one attached hydrogen (secondary N) is 1. The van der Waals surface area contributed by atoms with Crippen LogP contribution in [-0.2, 0) is 6.54 Å². The summed E-state index contributed by atoms with van der Waals surface area (Å²) in [6, 6.07) is 10.4. The van der Waals surface area contributed by atoms with Crippen molar-refractivity contribution in [1.29, 1.82) is 0 Å². The molecule has 0 aliphatic carbocycles. The molecule has 0 radical (unpaired) electrons. The van der Waals surface area contributed by atoms with Gasteiger partial charge in [-0.25, -0.2) is 9.37 Å². The summed E-state index contributed by atoms with van der Waals surface area (Å²) in [7, 11) is 0. The Morgan fingerprint density at radius 1 is 1.26 bits per heavy atom. The number of rotatable bonds is 6. The van der Waals surface area contributed by atoms with E-state index in [1.807, 2.05) is 12.1 Å². The SMILES string of the molecule is Cc1nc2cc(F)ccc2cc1C(=O)NCc1ccc(N2CCCCC2CCO)nc1. The van der Waals surface area contributed by atoms with Gasteiger partial charge in [-0.2, -0.15) is 0 Å². The Bertz CT molecular complexity index is 1070. The third-order valence-corrected chi connectivity index (χ3v) is 5.86. The standard InChI is InChI=1S/C24H27FN4O2/c1-16-21(12-18-6-7-19(25)13-22(18)28-16)24(31)27-15-17-5-8-23(26-14-17)29-10-3-2-4-20(29)9-11-30/h5-8,12-14,20,30H,2-4,9-11,15H2,1H3,(H,27,31). The highest BCUT2D eigenvalue weighted by Gasteiger charge is 2.23. The molecule has 0 spiro atoms. The number of nitrogens with zero attached hydrogens (tertiary/aromatic N) is 3. The molecule has 1 aliphatic rings. The van der Waals surface area contributed by atoms with E-state index in [4.69, 9.17) is 0 Å². The molecule has 0 saturated carbocycles. The van der Waals surface area contributed by atoms with Gasteiger partial charge in [-0.1, -0.05) is 6.07 Å².